The van der Waals surface area contributed by atoms with E-state index in [0.717, 1.165) is 7.11 Å². The molecule has 6 heteroatoms. The molecule has 6 nitrogen and oxygen atoms in total. The minimum atomic E-state index is -2.03. The molecule has 0 spiro atoms. The topological polar surface area (TPSA) is 104 Å². The van der Waals surface area contributed by atoms with Gasteiger partial charge < -0.3 is 20.1 Å². The molecule has 0 saturated heterocycles. The van der Waals surface area contributed by atoms with E-state index in [-0.39, 0.29) is 5.57 Å². The molecule has 1 aliphatic carbocycles. The number of hydrogen-bond acceptors (Lipinski definition) is 4. The first-order chi connectivity index (χ1) is 7.37. The van der Waals surface area contributed by atoms with Gasteiger partial charge in [-0.05, 0) is 18.6 Å². The van der Waals surface area contributed by atoms with Crippen LogP contribution in [0.15, 0.2) is 23.3 Å². The number of hydrogen-bond donors (Lipinski definition) is 3. The van der Waals surface area contributed by atoms with E-state index >= 15 is 0 Å². The predicted molar refractivity (Wildman–Crippen MR) is 52.9 cm³/mol. The highest BCUT2D eigenvalue weighted by molar-refractivity contribution is 5.94. The zero-order valence-corrected chi connectivity index (χ0v) is 8.80. The van der Waals surface area contributed by atoms with Gasteiger partial charge in [0.1, 0.15) is 6.10 Å². The first-order valence-corrected chi connectivity index (χ1v) is 4.46. The van der Waals surface area contributed by atoms with Crippen LogP contribution in [0.3, 0.4) is 0 Å². The van der Waals surface area contributed by atoms with Crippen LogP contribution in [-0.4, -0.2) is 46.1 Å². The summed E-state index contributed by atoms with van der Waals surface area (Å²) in [5, 5.41) is 27.7. The van der Waals surface area contributed by atoms with Crippen molar-refractivity contribution in [1.82, 2.24) is 0 Å². The van der Waals surface area contributed by atoms with E-state index in [1.54, 1.807) is 0 Å². The highest BCUT2D eigenvalue weighted by Gasteiger charge is 2.51. The lowest BCUT2D eigenvalue weighted by molar-refractivity contribution is -0.168. The molecule has 0 radical (unpaired) electrons. The minimum absolute atomic E-state index is 0.236. The van der Waals surface area contributed by atoms with Gasteiger partial charge in [-0.2, -0.15) is 0 Å². The summed E-state index contributed by atoms with van der Waals surface area (Å²) in [6.07, 6.45) is 0.744. The summed E-state index contributed by atoms with van der Waals surface area (Å²) < 4.78 is 4.82. The smallest absolute Gasteiger partial charge is 0.343 e. The molecule has 0 aromatic heterocycles. The van der Waals surface area contributed by atoms with Gasteiger partial charge in [-0.25, -0.2) is 9.59 Å². The molecule has 0 heterocycles. The zero-order chi connectivity index (χ0) is 12.5. The van der Waals surface area contributed by atoms with Crippen molar-refractivity contribution in [2.24, 2.45) is 0 Å². The van der Waals surface area contributed by atoms with Crippen LogP contribution in [0, 0.1) is 0 Å². The molecular formula is C10H12O6. The number of rotatable bonds is 3. The molecule has 1 rings (SSSR count). The Balaban J connectivity index is 3.34. The summed E-state index contributed by atoms with van der Waals surface area (Å²) >= 11 is 0. The number of methoxy groups -OCH3 is 1. The van der Waals surface area contributed by atoms with Crippen molar-refractivity contribution in [1.29, 1.82) is 0 Å². The van der Waals surface area contributed by atoms with Gasteiger partial charge in [-0.15, -0.1) is 0 Å². The van der Waals surface area contributed by atoms with Gasteiger partial charge in [-0.1, -0.05) is 6.08 Å². The number of aliphatic hydroxyl groups is 1. The maximum atomic E-state index is 11.2. The quantitative estimate of drug-likeness (QED) is 0.617. The maximum absolute atomic E-state index is 11.2. The van der Waals surface area contributed by atoms with E-state index in [1.165, 1.54) is 19.1 Å². The van der Waals surface area contributed by atoms with Crippen LogP contribution >= 0.6 is 0 Å². The Morgan fingerprint density at radius 3 is 2.31 bits per heavy atom. The molecule has 0 amide bonds. The van der Waals surface area contributed by atoms with Gasteiger partial charge >= 0.3 is 11.9 Å². The summed E-state index contributed by atoms with van der Waals surface area (Å²) in [6, 6.07) is 0. The van der Waals surface area contributed by atoms with Crippen molar-refractivity contribution in [2.75, 3.05) is 7.11 Å². The second-order valence-electron chi connectivity index (χ2n) is 3.42. The molecule has 0 aromatic carbocycles. The van der Waals surface area contributed by atoms with Crippen molar-refractivity contribution >= 4 is 11.9 Å². The fourth-order valence-corrected chi connectivity index (χ4v) is 1.70. The van der Waals surface area contributed by atoms with Gasteiger partial charge in [0.05, 0.1) is 5.57 Å². The Hall–Kier alpha value is -1.66. The molecule has 3 N–H and O–H groups in total. The van der Waals surface area contributed by atoms with Crippen molar-refractivity contribution in [2.45, 2.75) is 18.6 Å². The summed E-state index contributed by atoms with van der Waals surface area (Å²) in [4.78, 5) is 21.9. The van der Waals surface area contributed by atoms with Crippen LogP contribution < -0.4 is 0 Å². The van der Waals surface area contributed by atoms with Gasteiger partial charge in [0, 0.05) is 7.11 Å². The number of aliphatic carboxylic acids is 2. The lowest BCUT2D eigenvalue weighted by Gasteiger charge is -2.35. The molecule has 88 valence electrons. The Bertz CT molecular complexity index is 394. The van der Waals surface area contributed by atoms with E-state index in [1.807, 2.05) is 0 Å². The van der Waals surface area contributed by atoms with Crippen LogP contribution in [0.1, 0.15) is 6.92 Å². The highest BCUT2D eigenvalue weighted by atomic mass is 16.5. The van der Waals surface area contributed by atoms with Gasteiger partial charge in [-0.3, -0.25) is 0 Å². The SMILES string of the molecule is COC1(C(=O)O)C(C)=CC=C(C(=O)O)C1O. The van der Waals surface area contributed by atoms with Crippen molar-refractivity contribution in [3.8, 4) is 0 Å². The van der Waals surface area contributed by atoms with Crippen molar-refractivity contribution in [3.05, 3.63) is 23.3 Å². The molecule has 0 saturated carbocycles. The molecule has 0 bridgehead atoms. The average molecular weight is 228 g/mol. The van der Waals surface area contributed by atoms with Crippen LogP contribution in [0.5, 0.6) is 0 Å². The summed E-state index contributed by atoms with van der Waals surface area (Å²) in [7, 11) is 1.11. The zero-order valence-electron chi connectivity index (χ0n) is 8.80. The predicted octanol–water partition coefficient (Wildman–Crippen LogP) is -0.212. The molecule has 16 heavy (non-hydrogen) atoms. The van der Waals surface area contributed by atoms with E-state index in [4.69, 9.17) is 14.9 Å². The molecule has 1 aliphatic rings. The molecule has 2 unspecified atom stereocenters. The van der Waals surface area contributed by atoms with E-state index in [2.05, 4.69) is 0 Å². The third kappa shape index (κ3) is 1.52. The molecular weight excluding hydrogens is 216 g/mol. The highest BCUT2D eigenvalue weighted by Crippen LogP contribution is 2.33. The molecule has 0 fully saturated rings. The van der Waals surface area contributed by atoms with Gasteiger partial charge in [0.15, 0.2) is 0 Å². The number of carboxylic acid groups (broad SMARTS) is 2. The second-order valence-corrected chi connectivity index (χ2v) is 3.42. The second kappa shape index (κ2) is 4.07. The largest absolute Gasteiger partial charge is 0.479 e. The third-order valence-corrected chi connectivity index (χ3v) is 2.67. The first-order valence-electron chi connectivity index (χ1n) is 4.46. The summed E-state index contributed by atoms with van der Waals surface area (Å²) in [5.41, 5.74) is -2.20. The van der Waals surface area contributed by atoms with E-state index in [9.17, 15) is 14.7 Å². The third-order valence-electron chi connectivity index (χ3n) is 2.67. The molecule has 0 aromatic rings. The maximum Gasteiger partial charge on any atom is 0.343 e. The van der Waals surface area contributed by atoms with Crippen LogP contribution in [0.2, 0.25) is 0 Å². The molecule has 0 aliphatic heterocycles. The van der Waals surface area contributed by atoms with Crippen molar-refractivity contribution < 1.29 is 29.6 Å². The fourth-order valence-electron chi connectivity index (χ4n) is 1.70. The summed E-state index contributed by atoms with van der Waals surface area (Å²) in [5.74, 6) is -2.80. The lowest BCUT2D eigenvalue weighted by Crippen LogP contribution is -2.55. The Labute approximate surface area is 91.5 Å². The number of allylic oxidation sites excluding steroid dienone is 2. The Morgan fingerprint density at radius 2 is 1.94 bits per heavy atom. The first kappa shape index (κ1) is 12.4. The molecule has 2 atom stereocenters. The minimum Gasteiger partial charge on any atom is -0.479 e. The Morgan fingerprint density at radius 1 is 1.38 bits per heavy atom. The summed E-state index contributed by atoms with van der Waals surface area (Å²) in [6.45, 7) is 1.45. The van der Waals surface area contributed by atoms with Crippen LogP contribution in [-0.2, 0) is 14.3 Å². The number of carbonyl (C=O) groups is 2. The van der Waals surface area contributed by atoms with E-state index < -0.39 is 29.2 Å². The Kier molecular flexibility index (Phi) is 3.16. The van der Waals surface area contributed by atoms with Gasteiger partial charge in [0.25, 0.3) is 0 Å². The average Bonchev–Trinajstić information content (AvgIpc) is 2.17. The van der Waals surface area contributed by atoms with Gasteiger partial charge in [0.2, 0.25) is 5.60 Å². The normalized spacial score (nSPS) is 29.3. The fraction of sp³-hybridized carbons (Fsp3) is 0.400. The van der Waals surface area contributed by atoms with Crippen LogP contribution in [0.25, 0.3) is 0 Å². The number of aliphatic hydroxyl groups excluding tert-OH is 1. The monoisotopic (exact) mass is 228 g/mol. The van der Waals surface area contributed by atoms with Crippen LogP contribution in [0.4, 0.5) is 0 Å². The van der Waals surface area contributed by atoms with E-state index in [0.29, 0.717) is 0 Å². The number of ether oxygens (including phenoxy) is 1. The number of carboxylic acids is 2. The standard InChI is InChI=1S/C10H12O6/c1-5-3-4-6(8(12)13)7(11)10(5,16-2)9(14)15/h3-4,7,11H,1-2H3,(H,12,13)(H,14,15). The lowest BCUT2D eigenvalue weighted by atomic mass is 9.80. The van der Waals surface area contributed by atoms with Crippen molar-refractivity contribution in [3.63, 3.8) is 0 Å².